The fourth-order valence-electron chi connectivity index (χ4n) is 0.793. The minimum Gasteiger partial charge on any atom is -0.481 e. The van der Waals surface area contributed by atoms with E-state index in [-0.39, 0.29) is 0 Å². The highest BCUT2D eigenvalue weighted by atomic mass is 16.4. The summed E-state index contributed by atoms with van der Waals surface area (Å²) in [7, 11) is 0. The number of rotatable bonds is 4. The Morgan fingerprint density at radius 3 is 1.10 bits per heavy atom. The van der Waals surface area contributed by atoms with E-state index in [1.807, 2.05) is 18.2 Å². The lowest BCUT2D eigenvalue weighted by Crippen LogP contribution is -2.03. The quantitative estimate of drug-likeness (QED) is 0.603. The molecule has 116 valence electrons. The standard InChI is InChI=1S/C7H8.2C3H4O4/c1-7-5-3-2-4-6-7;2*4-2(5)1-3(6)7/h2-6H,1H3;2*1H2,(H,4,5)(H,6,7). The van der Waals surface area contributed by atoms with Crippen molar-refractivity contribution in [1.82, 2.24) is 0 Å². The minimum absolute atomic E-state index is 0.806. The highest BCUT2D eigenvalue weighted by molar-refractivity contribution is 5.89. The first-order chi connectivity index (χ1) is 9.65. The summed E-state index contributed by atoms with van der Waals surface area (Å²) in [4.78, 5) is 37.7. The largest absolute Gasteiger partial charge is 0.481 e. The van der Waals surface area contributed by atoms with Crippen LogP contribution >= 0.6 is 0 Å². The summed E-state index contributed by atoms with van der Waals surface area (Å²) in [5.41, 5.74) is 1.32. The smallest absolute Gasteiger partial charge is 0.314 e. The Bertz CT molecular complexity index is 416. The van der Waals surface area contributed by atoms with Gasteiger partial charge in [0.15, 0.2) is 0 Å². The molecule has 0 heterocycles. The van der Waals surface area contributed by atoms with Gasteiger partial charge in [0, 0.05) is 0 Å². The molecule has 0 saturated carbocycles. The maximum atomic E-state index is 9.43. The number of aryl methyl sites for hydroxylation is 1. The Morgan fingerprint density at radius 1 is 0.714 bits per heavy atom. The van der Waals surface area contributed by atoms with Crippen molar-refractivity contribution in [2.24, 2.45) is 0 Å². The third-order valence-corrected chi connectivity index (χ3v) is 1.55. The van der Waals surface area contributed by atoms with E-state index < -0.39 is 36.7 Å². The molecule has 0 aliphatic heterocycles. The summed E-state index contributed by atoms with van der Waals surface area (Å²) in [6.07, 6.45) is -1.61. The van der Waals surface area contributed by atoms with Gasteiger partial charge in [-0.1, -0.05) is 35.9 Å². The number of benzene rings is 1. The first-order valence-electron chi connectivity index (χ1n) is 5.54. The zero-order valence-corrected chi connectivity index (χ0v) is 11.2. The Balaban J connectivity index is 0. The number of hydrogen-bond acceptors (Lipinski definition) is 4. The highest BCUT2D eigenvalue weighted by Gasteiger charge is 2.02. The van der Waals surface area contributed by atoms with Crippen molar-refractivity contribution in [3.63, 3.8) is 0 Å². The van der Waals surface area contributed by atoms with Crippen molar-refractivity contribution in [3.05, 3.63) is 35.9 Å². The molecule has 0 amide bonds. The van der Waals surface area contributed by atoms with E-state index in [2.05, 4.69) is 19.1 Å². The lowest BCUT2D eigenvalue weighted by atomic mass is 10.2. The third kappa shape index (κ3) is 22.7. The molecule has 0 saturated heterocycles. The van der Waals surface area contributed by atoms with Gasteiger partial charge in [-0.15, -0.1) is 0 Å². The molecular formula is C13H16O8. The maximum Gasteiger partial charge on any atom is 0.314 e. The molecule has 1 aromatic rings. The van der Waals surface area contributed by atoms with Crippen molar-refractivity contribution < 1.29 is 39.6 Å². The molecule has 8 heteroatoms. The van der Waals surface area contributed by atoms with E-state index in [0.29, 0.717) is 0 Å². The molecular weight excluding hydrogens is 284 g/mol. The molecule has 0 aliphatic carbocycles. The summed E-state index contributed by atoms with van der Waals surface area (Å²) in [6.45, 7) is 2.08. The molecule has 0 atom stereocenters. The van der Waals surface area contributed by atoms with Gasteiger partial charge in [0.2, 0.25) is 0 Å². The van der Waals surface area contributed by atoms with Gasteiger partial charge in [-0.2, -0.15) is 0 Å². The lowest BCUT2D eigenvalue weighted by molar-refractivity contribution is -0.149. The van der Waals surface area contributed by atoms with Crippen molar-refractivity contribution in [2.45, 2.75) is 19.8 Å². The SMILES string of the molecule is Cc1ccccc1.O=C(O)CC(=O)O.O=C(O)CC(=O)O. The molecule has 0 aliphatic rings. The Kier molecular flexibility index (Phi) is 11.8. The second-order valence-corrected chi connectivity index (χ2v) is 3.58. The number of hydrogen-bond donors (Lipinski definition) is 4. The molecule has 0 bridgehead atoms. The van der Waals surface area contributed by atoms with E-state index in [1.54, 1.807) is 0 Å². The number of carboxylic acids is 4. The maximum absolute atomic E-state index is 9.43. The Morgan fingerprint density at radius 2 is 1.00 bits per heavy atom. The fraction of sp³-hybridized carbons (Fsp3) is 0.231. The van der Waals surface area contributed by atoms with Crippen LogP contribution in [0.4, 0.5) is 0 Å². The zero-order valence-electron chi connectivity index (χ0n) is 11.2. The molecule has 0 spiro atoms. The number of carboxylic acid groups (broad SMARTS) is 4. The Hall–Kier alpha value is -2.90. The first-order valence-corrected chi connectivity index (χ1v) is 5.54. The fourth-order valence-corrected chi connectivity index (χ4v) is 0.793. The van der Waals surface area contributed by atoms with Gasteiger partial charge >= 0.3 is 23.9 Å². The first kappa shape index (κ1) is 20.4. The predicted molar refractivity (Wildman–Crippen MR) is 71.0 cm³/mol. The molecule has 8 nitrogen and oxygen atoms in total. The van der Waals surface area contributed by atoms with Crippen LogP contribution in [0.25, 0.3) is 0 Å². The summed E-state index contributed by atoms with van der Waals surface area (Å²) >= 11 is 0. The number of carbonyl (C=O) groups is 4. The molecule has 0 unspecified atom stereocenters. The average Bonchev–Trinajstić information content (AvgIpc) is 2.27. The third-order valence-electron chi connectivity index (χ3n) is 1.55. The van der Waals surface area contributed by atoms with E-state index in [1.165, 1.54) is 5.56 Å². The van der Waals surface area contributed by atoms with Gasteiger partial charge in [0.1, 0.15) is 12.8 Å². The van der Waals surface area contributed by atoms with Crippen LogP contribution in [0, 0.1) is 6.92 Å². The van der Waals surface area contributed by atoms with Crippen LogP contribution in [0.2, 0.25) is 0 Å². The monoisotopic (exact) mass is 300 g/mol. The topological polar surface area (TPSA) is 149 Å². The molecule has 21 heavy (non-hydrogen) atoms. The lowest BCUT2D eigenvalue weighted by Gasteiger charge is -1.82. The summed E-state index contributed by atoms with van der Waals surface area (Å²) in [5.74, 6) is -5.25. The van der Waals surface area contributed by atoms with Gasteiger partial charge in [-0.25, -0.2) is 0 Å². The second-order valence-electron chi connectivity index (χ2n) is 3.58. The van der Waals surface area contributed by atoms with Crippen LogP contribution < -0.4 is 0 Å². The van der Waals surface area contributed by atoms with Crippen LogP contribution in [0.1, 0.15) is 18.4 Å². The minimum atomic E-state index is -1.31. The molecule has 4 N–H and O–H groups in total. The predicted octanol–water partition coefficient (Wildman–Crippen LogP) is 1.09. The summed E-state index contributed by atoms with van der Waals surface area (Å²) in [5, 5.41) is 30.8. The Labute approximate surface area is 120 Å². The van der Waals surface area contributed by atoms with E-state index in [9.17, 15) is 19.2 Å². The van der Waals surface area contributed by atoms with Crippen LogP contribution in [0.3, 0.4) is 0 Å². The normalized spacial score (nSPS) is 8.24. The van der Waals surface area contributed by atoms with Gasteiger partial charge in [0.05, 0.1) is 0 Å². The second kappa shape index (κ2) is 12.2. The average molecular weight is 300 g/mol. The molecule has 1 aromatic carbocycles. The molecule has 0 radical (unpaired) electrons. The molecule has 1 rings (SSSR count). The van der Waals surface area contributed by atoms with Gasteiger partial charge < -0.3 is 20.4 Å². The molecule has 0 aromatic heterocycles. The van der Waals surface area contributed by atoms with E-state index >= 15 is 0 Å². The van der Waals surface area contributed by atoms with Crippen LogP contribution in [0.5, 0.6) is 0 Å². The van der Waals surface area contributed by atoms with Crippen LogP contribution in [0.15, 0.2) is 30.3 Å². The van der Waals surface area contributed by atoms with E-state index in [4.69, 9.17) is 20.4 Å². The number of aliphatic carboxylic acids is 4. The van der Waals surface area contributed by atoms with Gasteiger partial charge in [-0.3, -0.25) is 19.2 Å². The van der Waals surface area contributed by atoms with Crippen LogP contribution in [-0.4, -0.2) is 44.3 Å². The van der Waals surface area contributed by atoms with Crippen molar-refractivity contribution >= 4 is 23.9 Å². The summed E-state index contributed by atoms with van der Waals surface area (Å²) in [6, 6.07) is 10.3. The summed E-state index contributed by atoms with van der Waals surface area (Å²) < 4.78 is 0. The van der Waals surface area contributed by atoms with Gasteiger partial charge in [-0.05, 0) is 6.92 Å². The molecule has 0 fully saturated rings. The van der Waals surface area contributed by atoms with Gasteiger partial charge in [0.25, 0.3) is 0 Å². The zero-order chi connectivity index (χ0) is 16.8. The van der Waals surface area contributed by atoms with Crippen molar-refractivity contribution in [2.75, 3.05) is 0 Å². The van der Waals surface area contributed by atoms with Crippen molar-refractivity contribution in [1.29, 1.82) is 0 Å². The van der Waals surface area contributed by atoms with Crippen molar-refractivity contribution in [3.8, 4) is 0 Å². The highest BCUT2D eigenvalue weighted by Crippen LogP contribution is 1.92. The van der Waals surface area contributed by atoms with E-state index in [0.717, 1.165) is 0 Å². The van der Waals surface area contributed by atoms with Crippen LogP contribution in [-0.2, 0) is 19.2 Å².